The van der Waals surface area contributed by atoms with Crippen LogP contribution in [0.4, 0.5) is 0 Å². The molecule has 1 aromatic heterocycles. The molecule has 3 nitrogen and oxygen atoms in total. The van der Waals surface area contributed by atoms with Crippen LogP contribution in [0.25, 0.3) is 0 Å². The van der Waals surface area contributed by atoms with Gasteiger partial charge in [-0.25, -0.2) is 4.74 Å². The van der Waals surface area contributed by atoms with E-state index in [1.807, 2.05) is 42.5 Å². The SMILES string of the molecule is C=CC[C@@H](c1ccncc1)/[N+]([O-])=C/c1ccccc1. The zero-order valence-electron chi connectivity index (χ0n) is 10.6. The number of rotatable bonds is 5. The molecule has 0 aliphatic rings. The quantitative estimate of drug-likeness (QED) is 0.269. The van der Waals surface area contributed by atoms with Crippen LogP contribution in [0.2, 0.25) is 0 Å². The average Bonchev–Trinajstić information content (AvgIpc) is 2.46. The minimum absolute atomic E-state index is 0.263. The van der Waals surface area contributed by atoms with E-state index >= 15 is 0 Å². The highest BCUT2D eigenvalue weighted by atomic mass is 16.5. The first-order chi connectivity index (χ1) is 9.31. The summed E-state index contributed by atoms with van der Waals surface area (Å²) in [6, 6.07) is 13.0. The summed E-state index contributed by atoms with van der Waals surface area (Å²) in [5.41, 5.74) is 1.83. The molecule has 0 amide bonds. The molecule has 19 heavy (non-hydrogen) atoms. The molecule has 0 aliphatic heterocycles. The fraction of sp³-hybridized carbons (Fsp3) is 0.125. The molecule has 0 saturated carbocycles. The van der Waals surface area contributed by atoms with Crippen molar-refractivity contribution in [3.05, 3.63) is 83.8 Å². The molecule has 0 radical (unpaired) electrons. The number of hydrogen-bond donors (Lipinski definition) is 0. The van der Waals surface area contributed by atoms with Crippen LogP contribution in [0, 0.1) is 5.21 Å². The van der Waals surface area contributed by atoms with Crippen LogP contribution in [0.1, 0.15) is 23.6 Å². The lowest BCUT2D eigenvalue weighted by molar-refractivity contribution is -0.502. The van der Waals surface area contributed by atoms with E-state index in [1.54, 1.807) is 24.7 Å². The van der Waals surface area contributed by atoms with E-state index < -0.39 is 0 Å². The lowest BCUT2D eigenvalue weighted by Gasteiger charge is -2.15. The van der Waals surface area contributed by atoms with Gasteiger partial charge in [0.2, 0.25) is 0 Å². The summed E-state index contributed by atoms with van der Waals surface area (Å²) in [4.78, 5) is 3.97. The molecular weight excluding hydrogens is 236 g/mol. The Kier molecular flexibility index (Phi) is 4.45. The maximum Gasteiger partial charge on any atom is 0.192 e. The Balaban J connectivity index is 2.29. The number of hydrogen-bond acceptors (Lipinski definition) is 2. The average molecular weight is 252 g/mol. The van der Waals surface area contributed by atoms with Crippen molar-refractivity contribution < 1.29 is 4.74 Å². The minimum atomic E-state index is -0.263. The van der Waals surface area contributed by atoms with Gasteiger partial charge in [0.05, 0.1) is 0 Å². The third-order valence-electron chi connectivity index (χ3n) is 2.86. The van der Waals surface area contributed by atoms with Crippen LogP contribution in [0.5, 0.6) is 0 Å². The van der Waals surface area contributed by atoms with Gasteiger partial charge in [-0.1, -0.05) is 24.3 Å². The van der Waals surface area contributed by atoms with E-state index in [0.717, 1.165) is 15.9 Å². The van der Waals surface area contributed by atoms with Gasteiger partial charge < -0.3 is 5.21 Å². The van der Waals surface area contributed by atoms with Crippen molar-refractivity contribution >= 4 is 6.21 Å². The largest absolute Gasteiger partial charge is 0.623 e. The zero-order valence-corrected chi connectivity index (χ0v) is 10.6. The summed E-state index contributed by atoms with van der Waals surface area (Å²) in [5.74, 6) is 0. The third kappa shape index (κ3) is 3.52. The van der Waals surface area contributed by atoms with E-state index in [9.17, 15) is 5.21 Å². The predicted octanol–water partition coefficient (Wildman–Crippen LogP) is 3.33. The number of nitrogens with zero attached hydrogens (tertiary/aromatic N) is 2. The fourth-order valence-corrected chi connectivity index (χ4v) is 1.91. The van der Waals surface area contributed by atoms with Crippen LogP contribution >= 0.6 is 0 Å². The third-order valence-corrected chi connectivity index (χ3v) is 2.86. The monoisotopic (exact) mass is 252 g/mol. The van der Waals surface area contributed by atoms with Crippen LogP contribution in [0.3, 0.4) is 0 Å². The van der Waals surface area contributed by atoms with Gasteiger partial charge in [-0.3, -0.25) is 4.98 Å². The Bertz CT molecular complexity index is 549. The predicted molar refractivity (Wildman–Crippen MR) is 77.0 cm³/mol. The molecule has 1 atom stereocenters. The Hall–Kier alpha value is -2.42. The summed E-state index contributed by atoms with van der Waals surface area (Å²) >= 11 is 0. The molecule has 0 bridgehead atoms. The summed E-state index contributed by atoms with van der Waals surface area (Å²) < 4.78 is 0.979. The molecule has 2 rings (SSSR count). The highest BCUT2D eigenvalue weighted by Gasteiger charge is 2.16. The summed E-state index contributed by atoms with van der Waals surface area (Å²) in [7, 11) is 0. The van der Waals surface area contributed by atoms with Gasteiger partial charge >= 0.3 is 0 Å². The van der Waals surface area contributed by atoms with Gasteiger partial charge in [-0.2, -0.15) is 0 Å². The van der Waals surface area contributed by atoms with E-state index in [0.29, 0.717) is 6.42 Å². The maximum absolute atomic E-state index is 12.3. The molecule has 0 saturated heterocycles. The molecule has 0 fully saturated rings. The molecule has 0 unspecified atom stereocenters. The Labute approximate surface area is 113 Å². The van der Waals surface area contributed by atoms with Crippen molar-refractivity contribution in [2.75, 3.05) is 0 Å². The van der Waals surface area contributed by atoms with Crippen LogP contribution in [-0.4, -0.2) is 15.9 Å². The lowest BCUT2D eigenvalue weighted by atomic mass is 10.1. The Morgan fingerprint density at radius 3 is 2.47 bits per heavy atom. The second-order valence-corrected chi connectivity index (χ2v) is 4.22. The second kappa shape index (κ2) is 6.50. The molecular formula is C16H16N2O. The van der Waals surface area contributed by atoms with Gasteiger partial charge in [0, 0.05) is 29.9 Å². The summed E-state index contributed by atoms with van der Waals surface area (Å²) in [6.45, 7) is 3.72. The first kappa shape index (κ1) is 13.0. The number of aromatic nitrogens is 1. The molecule has 0 aliphatic carbocycles. The van der Waals surface area contributed by atoms with Crippen molar-refractivity contribution in [1.29, 1.82) is 0 Å². The fourth-order valence-electron chi connectivity index (χ4n) is 1.91. The van der Waals surface area contributed by atoms with E-state index in [-0.39, 0.29) is 6.04 Å². The minimum Gasteiger partial charge on any atom is -0.623 e. The molecule has 3 heteroatoms. The number of pyridine rings is 1. The van der Waals surface area contributed by atoms with Gasteiger partial charge in [0.25, 0.3) is 0 Å². The van der Waals surface area contributed by atoms with Crippen molar-refractivity contribution in [2.45, 2.75) is 12.5 Å². The molecule has 0 spiro atoms. The van der Waals surface area contributed by atoms with Gasteiger partial charge in [0.1, 0.15) is 0 Å². The van der Waals surface area contributed by atoms with Crippen molar-refractivity contribution in [1.82, 2.24) is 4.98 Å². The van der Waals surface area contributed by atoms with Gasteiger partial charge in [-0.15, -0.1) is 6.58 Å². The van der Waals surface area contributed by atoms with Gasteiger partial charge in [-0.05, 0) is 24.3 Å². The normalized spacial score (nSPS) is 12.9. The van der Waals surface area contributed by atoms with Gasteiger partial charge in [0.15, 0.2) is 12.3 Å². The Morgan fingerprint density at radius 2 is 1.84 bits per heavy atom. The molecule has 1 heterocycles. The van der Waals surface area contributed by atoms with Crippen LogP contribution in [-0.2, 0) is 0 Å². The Morgan fingerprint density at radius 1 is 1.16 bits per heavy atom. The van der Waals surface area contributed by atoms with Crippen molar-refractivity contribution in [3.63, 3.8) is 0 Å². The highest BCUT2D eigenvalue weighted by molar-refractivity contribution is 5.75. The number of hydroxylamine groups is 1. The smallest absolute Gasteiger partial charge is 0.192 e. The maximum atomic E-state index is 12.3. The topological polar surface area (TPSA) is 39.0 Å². The van der Waals surface area contributed by atoms with E-state index in [4.69, 9.17) is 0 Å². The first-order valence-corrected chi connectivity index (χ1v) is 6.17. The molecule has 2 aromatic rings. The lowest BCUT2D eigenvalue weighted by Crippen LogP contribution is -2.14. The zero-order chi connectivity index (χ0) is 13.5. The van der Waals surface area contributed by atoms with Crippen LogP contribution in [0.15, 0.2) is 67.5 Å². The number of benzene rings is 1. The standard InChI is InChI=1S/C16H16N2O/c1-2-6-16(15-9-11-17-12-10-15)18(19)13-14-7-4-3-5-8-14/h2-5,7-13,16H,1,6H2/b18-13-/t16-/m0/s1. The molecule has 0 N–H and O–H groups in total. The summed E-state index contributed by atoms with van der Waals surface area (Å²) in [5, 5.41) is 12.3. The van der Waals surface area contributed by atoms with Crippen molar-refractivity contribution in [3.8, 4) is 0 Å². The molecule has 1 aromatic carbocycles. The molecule has 96 valence electrons. The summed E-state index contributed by atoms with van der Waals surface area (Å²) in [6.07, 6.45) is 7.35. The van der Waals surface area contributed by atoms with Crippen LogP contribution < -0.4 is 0 Å². The first-order valence-electron chi connectivity index (χ1n) is 6.17. The second-order valence-electron chi connectivity index (χ2n) is 4.22. The highest BCUT2D eigenvalue weighted by Crippen LogP contribution is 2.20. The van der Waals surface area contributed by atoms with E-state index in [1.165, 1.54) is 0 Å². The van der Waals surface area contributed by atoms with Crippen molar-refractivity contribution in [2.24, 2.45) is 0 Å². The van der Waals surface area contributed by atoms with E-state index in [2.05, 4.69) is 11.6 Å².